The van der Waals surface area contributed by atoms with Gasteiger partial charge in [-0.15, -0.1) is 0 Å². The van der Waals surface area contributed by atoms with Crippen molar-refractivity contribution >= 4 is 27.3 Å². The van der Waals surface area contributed by atoms with E-state index in [2.05, 4.69) is 0 Å². The van der Waals surface area contributed by atoms with Crippen LogP contribution >= 0.6 is 11.6 Å². The van der Waals surface area contributed by atoms with Gasteiger partial charge in [-0.1, -0.05) is 62.7 Å². The first-order valence-corrected chi connectivity index (χ1v) is 11.4. The maximum Gasteiger partial charge on any atom is 0.516 e. The first-order valence-electron chi connectivity index (χ1n) is 9.54. The zero-order valence-electron chi connectivity index (χ0n) is 17.5. The van der Waals surface area contributed by atoms with Crippen molar-refractivity contribution in [1.29, 1.82) is 0 Å². The van der Waals surface area contributed by atoms with Gasteiger partial charge in [-0.05, 0) is 58.5 Å². The van der Waals surface area contributed by atoms with Gasteiger partial charge in [0, 0.05) is 5.02 Å². The van der Waals surface area contributed by atoms with Crippen LogP contribution in [0.15, 0.2) is 66.7 Å². The van der Waals surface area contributed by atoms with Crippen LogP contribution in [0.2, 0.25) is 5.02 Å². The molecule has 0 amide bonds. The Morgan fingerprint density at radius 2 is 1.41 bits per heavy atom. The Labute approximate surface area is 190 Å². The minimum Gasteiger partial charge on any atom is -0.455 e. The largest absolute Gasteiger partial charge is 0.516 e. The average Bonchev–Trinajstić information content (AvgIpc) is 2.68. The lowest BCUT2D eigenvalue weighted by atomic mass is 9.87. The summed E-state index contributed by atoms with van der Waals surface area (Å²) in [5, 5.41) is 0.527. The molecule has 0 aliphatic heterocycles. The van der Waals surface area contributed by atoms with E-state index in [0.717, 1.165) is 11.1 Å². The lowest BCUT2D eigenvalue weighted by Gasteiger charge is -2.20. The highest BCUT2D eigenvalue weighted by atomic mass is 35.5. The predicted octanol–water partition coefficient (Wildman–Crippen LogP) is 7.36. The van der Waals surface area contributed by atoms with Gasteiger partial charge in [0.1, 0.15) is 5.75 Å². The van der Waals surface area contributed by atoms with Crippen LogP contribution in [0.5, 0.6) is 11.5 Å². The van der Waals surface area contributed by atoms with E-state index in [1.165, 1.54) is 18.2 Å². The van der Waals surface area contributed by atoms with Crippen LogP contribution in [0.4, 0.5) is 18.9 Å². The third-order valence-electron chi connectivity index (χ3n) is 4.66. The molecule has 0 unspecified atom stereocenters. The summed E-state index contributed by atoms with van der Waals surface area (Å²) in [7, 11) is -5.62. The van der Waals surface area contributed by atoms with Gasteiger partial charge in [-0.2, -0.15) is 21.6 Å². The molecule has 0 atom stereocenters. The second-order valence-electron chi connectivity index (χ2n) is 8.15. The van der Waals surface area contributed by atoms with Crippen LogP contribution < -0.4 is 9.46 Å². The van der Waals surface area contributed by atoms with Crippen molar-refractivity contribution in [3.05, 3.63) is 77.3 Å². The quantitative estimate of drug-likeness (QED) is 0.412. The molecule has 170 valence electrons. The van der Waals surface area contributed by atoms with Crippen molar-refractivity contribution in [3.8, 4) is 22.6 Å². The molecule has 3 rings (SSSR count). The normalized spacial score (nSPS) is 12.5. The fourth-order valence-corrected chi connectivity index (χ4v) is 3.57. The molecule has 0 fully saturated rings. The molecule has 3 aromatic rings. The van der Waals surface area contributed by atoms with E-state index in [1.807, 2.05) is 32.9 Å². The van der Waals surface area contributed by atoms with Gasteiger partial charge in [0.25, 0.3) is 0 Å². The van der Waals surface area contributed by atoms with Gasteiger partial charge >= 0.3 is 15.5 Å². The summed E-state index contributed by atoms with van der Waals surface area (Å²) in [6.07, 6.45) is 0. The zero-order chi connectivity index (χ0) is 23.7. The molecule has 9 heteroatoms. The van der Waals surface area contributed by atoms with E-state index >= 15 is 0 Å². The van der Waals surface area contributed by atoms with E-state index < -0.39 is 15.5 Å². The molecule has 32 heavy (non-hydrogen) atoms. The molecule has 0 radical (unpaired) electrons. The van der Waals surface area contributed by atoms with Crippen LogP contribution in [0, 0.1) is 0 Å². The van der Waals surface area contributed by atoms with Gasteiger partial charge in [0.15, 0.2) is 5.75 Å². The molecule has 3 aromatic carbocycles. The molecular weight excluding hydrogens is 463 g/mol. The number of ether oxygens (including phenoxy) is 1. The molecule has 0 saturated carbocycles. The van der Waals surface area contributed by atoms with Crippen LogP contribution in [0.3, 0.4) is 0 Å². The van der Waals surface area contributed by atoms with Crippen LogP contribution in [-0.2, 0) is 15.4 Å². The van der Waals surface area contributed by atoms with Crippen molar-refractivity contribution < 1.29 is 26.3 Å². The summed E-state index contributed by atoms with van der Waals surface area (Å²) < 4.78 is 69.4. The Morgan fingerprint density at radius 1 is 0.844 bits per heavy atom. The van der Waals surface area contributed by atoms with Crippen LogP contribution in [0.25, 0.3) is 11.1 Å². The Morgan fingerprint density at radius 3 is 1.94 bits per heavy atom. The minimum absolute atomic E-state index is 0.0752. The lowest BCUT2D eigenvalue weighted by Crippen LogP contribution is -2.30. The van der Waals surface area contributed by atoms with Gasteiger partial charge < -0.3 is 4.74 Å². The van der Waals surface area contributed by atoms with Crippen molar-refractivity contribution in [3.63, 3.8) is 0 Å². The van der Waals surface area contributed by atoms with Gasteiger partial charge in [-0.3, -0.25) is 4.72 Å². The fraction of sp³-hybridized carbons (Fsp3) is 0.217. The summed E-state index contributed by atoms with van der Waals surface area (Å²) in [4.78, 5) is 0. The van der Waals surface area contributed by atoms with E-state index in [0.29, 0.717) is 16.3 Å². The number of hydrogen-bond donors (Lipinski definition) is 1. The standard InChI is InChI=1S/C23H21ClF3NO3S/c1-22(2,3)17-7-11-19(12-8-17)31-21-14-16(15-4-9-18(24)10-5-15)6-13-20(21)28-32(29,30)23(25,26)27/h4-14,28H,1-3H3. The summed E-state index contributed by atoms with van der Waals surface area (Å²) in [5.41, 5.74) is -3.52. The first-order chi connectivity index (χ1) is 14.8. The first kappa shape index (κ1) is 23.9. The Kier molecular flexibility index (Phi) is 6.49. The number of nitrogens with one attached hydrogen (secondary N) is 1. The third-order valence-corrected chi connectivity index (χ3v) is 6.01. The second kappa shape index (κ2) is 8.67. The predicted molar refractivity (Wildman–Crippen MR) is 121 cm³/mol. The van der Waals surface area contributed by atoms with E-state index in [-0.39, 0.29) is 16.9 Å². The zero-order valence-corrected chi connectivity index (χ0v) is 19.1. The Hall–Kier alpha value is -2.71. The number of hydrogen-bond acceptors (Lipinski definition) is 3. The highest BCUT2D eigenvalue weighted by Crippen LogP contribution is 2.37. The van der Waals surface area contributed by atoms with Crippen molar-refractivity contribution in [1.82, 2.24) is 0 Å². The van der Waals surface area contributed by atoms with E-state index in [1.54, 1.807) is 41.1 Å². The molecule has 0 aliphatic rings. The topological polar surface area (TPSA) is 55.4 Å². The number of benzene rings is 3. The van der Waals surface area contributed by atoms with Crippen molar-refractivity contribution in [2.45, 2.75) is 31.7 Å². The number of anilines is 1. The monoisotopic (exact) mass is 483 g/mol. The minimum atomic E-state index is -5.62. The number of sulfonamides is 1. The summed E-state index contributed by atoms with van der Waals surface area (Å²) >= 11 is 5.92. The van der Waals surface area contributed by atoms with Crippen molar-refractivity contribution in [2.24, 2.45) is 0 Å². The van der Waals surface area contributed by atoms with Crippen molar-refractivity contribution in [2.75, 3.05) is 4.72 Å². The average molecular weight is 484 g/mol. The molecule has 4 nitrogen and oxygen atoms in total. The Balaban J connectivity index is 2.02. The molecule has 0 spiro atoms. The Bertz CT molecular complexity index is 1200. The molecule has 0 saturated heterocycles. The highest BCUT2D eigenvalue weighted by molar-refractivity contribution is 7.93. The summed E-state index contributed by atoms with van der Waals surface area (Å²) in [6.45, 7) is 6.13. The maximum absolute atomic E-state index is 12.9. The van der Waals surface area contributed by atoms with E-state index in [4.69, 9.17) is 16.3 Å². The van der Waals surface area contributed by atoms with Gasteiger partial charge in [0.05, 0.1) is 5.69 Å². The number of halogens is 4. The molecule has 1 N–H and O–H groups in total. The fourth-order valence-electron chi connectivity index (χ4n) is 2.87. The summed E-state index contributed by atoms with van der Waals surface area (Å²) in [5.74, 6) is 0.271. The van der Waals surface area contributed by atoms with Gasteiger partial charge in [-0.25, -0.2) is 0 Å². The highest BCUT2D eigenvalue weighted by Gasteiger charge is 2.46. The van der Waals surface area contributed by atoms with Crippen LogP contribution in [0.1, 0.15) is 26.3 Å². The lowest BCUT2D eigenvalue weighted by molar-refractivity contribution is -0.0429. The molecule has 0 bridgehead atoms. The second-order valence-corrected chi connectivity index (χ2v) is 10.3. The van der Waals surface area contributed by atoms with Gasteiger partial charge in [0.2, 0.25) is 0 Å². The third kappa shape index (κ3) is 5.55. The van der Waals surface area contributed by atoms with E-state index in [9.17, 15) is 21.6 Å². The number of rotatable bonds is 5. The maximum atomic E-state index is 12.9. The summed E-state index contributed by atoms with van der Waals surface area (Å²) in [6, 6.07) is 18.0. The molecular formula is C23H21ClF3NO3S. The van der Waals surface area contributed by atoms with Crippen LogP contribution in [-0.4, -0.2) is 13.9 Å². The SMILES string of the molecule is CC(C)(C)c1ccc(Oc2cc(-c3ccc(Cl)cc3)ccc2NS(=O)(=O)C(F)(F)F)cc1. The number of alkyl halides is 3. The molecule has 0 heterocycles. The smallest absolute Gasteiger partial charge is 0.455 e. The molecule has 0 aliphatic carbocycles. The molecule has 0 aromatic heterocycles.